The van der Waals surface area contributed by atoms with Gasteiger partial charge < -0.3 is 0 Å². The summed E-state index contributed by atoms with van der Waals surface area (Å²) in [6.45, 7) is 4.64. The van der Waals surface area contributed by atoms with Crippen molar-refractivity contribution in [2.45, 2.75) is 13.8 Å². The van der Waals surface area contributed by atoms with E-state index in [9.17, 15) is 4.79 Å². The summed E-state index contributed by atoms with van der Waals surface area (Å²) in [5.74, 6) is -0.0955. The molecule has 0 saturated carbocycles. The highest BCUT2D eigenvalue weighted by molar-refractivity contribution is 5.93. The molecule has 2 N–H and O–H groups in total. The van der Waals surface area contributed by atoms with Gasteiger partial charge in [-0.05, 0) is 19.1 Å². The zero-order valence-electron chi connectivity index (χ0n) is 7.92. The van der Waals surface area contributed by atoms with Crippen LogP contribution in [-0.2, 0) is 0 Å². The largest absolute Gasteiger partial charge is 0.287 e. The summed E-state index contributed by atoms with van der Waals surface area (Å²) >= 11 is 0. The van der Waals surface area contributed by atoms with E-state index >= 15 is 0 Å². The van der Waals surface area contributed by atoms with Gasteiger partial charge in [-0.2, -0.15) is 0 Å². The van der Waals surface area contributed by atoms with Crippen LogP contribution in [-0.4, -0.2) is 12.5 Å². The summed E-state index contributed by atoms with van der Waals surface area (Å²) < 4.78 is 0. The lowest BCUT2D eigenvalue weighted by molar-refractivity contribution is 0.0934. The first-order valence-corrected chi connectivity index (χ1v) is 4.34. The highest BCUT2D eigenvalue weighted by Gasteiger charge is 2.01. The third-order valence-electron chi connectivity index (χ3n) is 1.69. The van der Waals surface area contributed by atoms with E-state index in [0.29, 0.717) is 5.56 Å². The van der Waals surface area contributed by atoms with Gasteiger partial charge in [-0.1, -0.05) is 24.6 Å². The van der Waals surface area contributed by atoms with Crippen molar-refractivity contribution in [2.24, 2.45) is 0 Å². The molecule has 3 nitrogen and oxygen atoms in total. The Balaban J connectivity index is 2.61. The summed E-state index contributed by atoms with van der Waals surface area (Å²) in [6.07, 6.45) is 0. The second-order valence-corrected chi connectivity index (χ2v) is 2.85. The molecule has 0 bridgehead atoms. The van der Waals surface area contributed by atoms with Gasteiger partial charge in [-0.3, -0.25) is 10.2 Å². The molecule has 1 aromatic rings. The Kier molecular flexibility index (Phi) is 3.46. The molecule has 0 aliphatic carbocycles. The molecule has 0 aromatic heterocycles. The Morgan fingerprint density at radius 1 is 1.31 bits per heavy atom. The molecular weight excluding hydrogens is 164 g/mol. The van der Waals surface area contributed by atoms with Crippen LogP contribution in [0.2, 0.25) is 0 Å². The fraction of sp³-hybridized carbons (Fsp3) is 0.300. The van der Waals surface area contributed by atoms with Crippen molar-refractivity contribution < 1.29 is 4.79 Å². The van der Waals surface area contributed by atoms with Crippen LogP contribution < -0.4 is 10.9 Å². The van der Waals surface area contributed by atoms with Crippen LogP contribution in [0.1, 0.15) is 22.8 Å². The lowest BCUT2D eigenvalue weighted by Gasteiger charge is -2.04. The Morgan fingerprint density at radius 3 is 2.46 bits per heavy atom. The van der Waals surface area contributed by atoms with E-state index in [1.165, 1.54) is 0 Å². The molecule has 1 amide bonds. The van der Waals surface area contributed by atoms with E-state index in [1.54, 1.807) is 0 Å². The van der Waals surface area contributed by atoms with Crippen LogP contribution in [0.5, 0.6) is 0 Å². The monoisotopic (exact) mass is 178 g/mol. The van der Waals surface area contributed by atoms with Gasteiger partial charge in [0.1, 0.15) is 0 Å². The first-order valence-electron chi connectivity index (χ1n) is 4.34. The molecule has 1 rings (SSSR count). The highest BCUT2D eigenvalue weighted by atomic mass is 16.2. The second kappa shape index (κ2) is 4.62. The van der Waals surface area contributed by atoms with Gasteiger partial charge in [0.25, 0.3) is 5.91 Å². The molecule has 0 aliphatic heterocycles. The molecule has 13 heavy (non-hydrogen) atoms. The first-order chi connectivity index (χ1) is 6.24. The van der Waals surface area contributed by atoms with Crippen molar-refractivity contribution in [2.75, 3.05) is 6.54 Å². The highest BCUT2D eigenvalue weighted by Crippen LogP contribution is 2.01. The Labute approximate surface area is 78.1 Å². The predicted molar refractivity (Wildman–Crippen MR) is 52.3 cm³/mol. The van der Waals surface area contributed by atoms with Gasteiger partial charge in [0, 0.05) is 12.1 Å². The Hall–Kier alpha value is -1.35. The fourth-order valence-electron chi connectivity index (χ4n) is 0.946. The minimum atomic E-state index is -0.0955. The average Bonchev–Trinajstić information content (AvgIpc) is 2.15. The normalized spacial score (nSPS) is 9.69. The van der Waals surface area contributed by atoms with Crippen molar-refractivity contribution >= 4 is 5.91 Å². The molecule has 1 aromatic carbocycles. The summed E-state index contributed by atoms with van der Waals surface area (Å²) in [7, 11) is 0. The number of carbonyl (C=O) groups excluding carboxylic acids is 1. The number of hydrazine groups is 1. The molecule has 0 atom stereocenters. The molecule has 3 heteroatoms. The third-order valence-corrected chi connectivity index (χ3v) is 1.69. The lowest BCUT2D eigenvalue weighted by Crippen LogP contribution is -2.36. The maximum atomic E-state index is 11.3. The van der Waals surface area contributed by atoms with Crippen molar-refractivity contribution in [3.8, 4) is 0 Å². The quantitative estimate of drug-likeness (QED) is 0.684. The SMILES string of the molecule is CCNNC(=O)c1ccc(C)cc1. The molecule has 0 saturated heterocycles. The minimum Gasteiger partial charge on any atom is -0.287 e. The van der Waals surface area contributed by atoms with Gasteiger partial charge in [0.15, 0.2) is 0 Å². The zero-order valence-corrected chi connectivity index (χ0v) is 7.92. The van der Waals surface area contributed by atoms with E-state index in [4.69, 9.17) is 0 Å². The van der Waals surface area contributed by atoms with Crippen molar-refractivity contribution in [1.29, 1.82) is 0 Å². The summed E-state index contributed by atoms with van der Waals surface area (Å²) in [5.41, 5.74) is 7.17. The van der Waals surface area contributed by atoms with Crippen LogP contribution in [0.4, 0.5) is 0 Å². The smallest absolute Gasteiger partial charge is 0.265 e. The molecule has 0 spiro atoms. The van der Waals surface area contributed by atoms with E-state index in [0.717, 1.165) is 12.1 Å². The maximum absolute atomic E-state index is 11.3. The van der Waals surface area contributed by atoms with Crippen LogP contribution in [0.15, 0.2) is 24.3 Å². The molecular formula is C10H14N2O. The molecule has 0 fully saturated rings. The van der Waals surface area contributed by atoms with Crippen molar-refractivity contribution in [3.05, 3.63) is 35.4 Å². The lowest BCUT2D eigenvalue weighted by atomic mass is 10.1. The van der Waals surface area contributed by atoms with E-state index in [1.807, 2.05) is 38.1 Å². The number of amides is 1. The third kappa shape index (κ3) is 2.87. The first kappa shape index (κ1) is 9.74. The van der Waals surface area contributed by atoms with Gasteiger partial charge in [0.2, 0.25) is 0 Å². The molecule has 0 radical (unpaired) electrons. The molecule has 70 valence electrons. The van der Waals surface area contributed by atoms with Crippen molar-refractivity contribution in [1.82, 2.24) is 10.9 Å². The number of aryl methyl sites for hydroxylation is 1. The number of carbonyl (C=O) groups is 1. The predicted octanol–water partition coefficient (Wildman–Crippen LogP) is 1.25. The van der Waals surface area contributed by atoms with Gasteiger partial charge in [0.05, 0.1) is 0 Å². The van der Waals surface area contributed by atoms with Crippen LogP contribution in [0.3, 0.4) is 0 Å². The second-order valence-electron chi connectivity index (χ2n) is 2.85. The summed E-state index contributed by atoms with van der Waals surface area (Å²) in [4.78, 5) is 11.3. The standard InChI is InChI=1S/C10H14N2O/c1-3-11-12-10(13)9-6-4-8(2)5-7-9/h4-7,11H,3H2,1-2H3,(H,12,13). The van der Waals surface area contributed by atoms with Gasteiger partial charge in [-0.25, -0.2) is 5.43 Å². The Morgan fingerprint density at radius 2 is 1.92 bits per heavy atom. The summed E-state index contributed by atoms with van der Waals surface area (Å²) in [5, 5.41) is 0. The molecule has 0 aliphatic rings. The van der Waals surface area contributed by atoms with Gasteiger partial charge >= 0.3 is 0 Å². The zero-order chi connectivity index (χ0) is 9.68. The van der Waals surface area contributed by atoms with E-state index in [2.05, 4.69) is 10.9 Å². The number of hydrogen-bond donors (Lipinski definition) is 2. The van der Waals surface area contributed by atoms with Crippen LogP contribution >= 0.6 is 0 Å². The number of hydrogen-bond acceptors (Lipinski definition) is 2. The fourth-order valence-corrected chi connectivity index (χ4v) is 0.946. The molecule has 0 unspecified atom stereocenters. The minimum absolute atomic E-state index is 0.0955. The average molecular weight is 178 g/mol. The number of benzene rings is 1. The van der Waals surface area contributed by atoms with E-state index < -0.39 is 0 Å². The topological polar surface area (TPSA) is 41.1 Å². The van der Waals surface area contributed by atoms with E-state index in [-0.39, 0.29) is 5.91 Å². The van der Waals surface area contributed by atoms with Crippen LogP contribution in [0, 0.1) is 6.92 Å². The van der Waals surface area contributed by atoms with Crippen molar-refractivity contribution in [3.63, 3.8) is 0 Å². The Bertz CT molecular complexity index is 279. The number of rotatable bonds is 3. The van der Waals surface area contributed by atoms with Crippen LogP contribution in [0.25, 0.3) is 0 Å². The van der Waals surface area contributed by atoms with Gasteiger partial charge in [-0.15, -0.1) is 0 Å². The molecule has 0 heterocycles. The maximum Gasteiger partial charge on any atom is 0.265 e. The number of nitrogens with one attached hydrogen (secondary N) is 2. The summed E-state index contributed by atoms with van der Waals surface area (Å²) in [6, 6.07) is 7.45.